The summed E-state index contributed by atoms with van der Waals surface area (Å²) in [6.45, 7) is 1.97. The van der Waals surface area contributed by atoms with Gasteiger partial charge in [-0.15, -0.1) is 13.2 Å². The monoisotopic (exact) mass is 605 g/mol. The highest BCUT2D eigenvalue weighted by atomic mass is 19.4. The number of nitrogens with one attached hydrogen (secondary N) is 1. The van der Waals surface area contributed by atoms with Crippen LogP contribution in [0.4, 0.5) is 36.4 Å². The summed E-state index contributed by atoms with van der Waals surface area (Å²) in [6.07, 6.45) is -3.54. The second kappa shape index (κ2) is 10.3. The Kier molecular flexibility index (Phi) is 6.93. The zero-order chi connectivity index (χ0) is 30.7. The largest absolute Gasteiger partial charge is 0.573 e. The summed E-state index contributed by atoms with van der Waals surface area (Å²) in [4.78, 5) is 13.6. The first-order valence-corrected chi connectivity index (χ1v) is 13.7. The van der Waals surface area contributed by atoms with Crippen molar-refractivity contribution in [3.8, 4) is 11.4 Å². The minimum atomic E-state index is -4.97. The van der Waals surface area contributed by atoms with Crippen molar-refractivity contribution in [1.82, 2.24) is 9.78 Å². The number of amides is 1. The van der Waals surface area contributed by atoms with Gasteiger partial charge in [-0.05, 0) is 79.6 Å². The number of carbonyl (C=O) groups excluding carboxylic acids is 1. The summed E-state index contributed by atoms with van der Waals surface area (Å²) < 4.78 is 100. The molecule has 3 aliphatic carbocycles. The smallest absolute Gasteiger partial charge is 0.406 e. The second-order valence-corrected chi connectivity index (χ2v) is 11.4. The van der Waals surface area contributed by atoms with Gasteiger partial charge >= 0.3 is 12.5 Å². The molecule has 0 bridgehead atoms. The van der Waals surface area contributed by atoms with Crippen molar-refractivity contribution in [2.24, 2.45) is 23.2 Å². The molecule has 4 atom stereocenters. The zero-order valence-electron chi connectivity index (χ0n) is 22.8. The Morgan fingerprint density at radius 3 is 2.53 bits per heavy atom. The Hall–Kier alpha value is -4.09. The van der Waals surface area contributed by atoms with Crippen LogP contribution in [0, 0.1) is 29.0 Å². The number of rotatable bonds is 4. The van der Waals surface area contributed by atoms with Gasteiger partial charge in [0.05, 0.1) is 29.4 Å². The molecule has 1 aromatic heterocycles. The molecule has 0 spiro atoms. The fraction of sp³-hybridized carbons (Fsp3) is 0.355. The van der Waals surface area contributed by atoms with Crippen LogP contribution in [-0.4, -0.2) is 28.2 Å². The average molecular weight is 606 g/mol. The molecule has 0 radical (unpaired) electrons. The third-order valence-electron chi connectivity index (χ3n) is 8.80. The highest BCUT2D eigenvalue weighted by Crippen LogP contribution is 2.59. The van der Waals surface area contributed by atoms with Gasteiger partial charge in [-0.3, -0.25) is 4.79 Å². The number of ether oxygens (including phenoxy) is 1. The number of carbonyl (C=O) groups is 1. The number of hydrogen-bond acceptors (Lipinski definition) is 3. The Labute approximate surface area is 242 Å². The predicted octanol–water partition coefficient (Wildman–Crippen LogP) is 8.03. The van der Waals surface area contributed by atoms with Crippen LogP contribution in [0.1, 0.15) is 37.4 Å². The van der Waals surface area contributed by atoms with Crippen LogP contribution < -0.4 is 10.1 Å². The molecule has 3 aromatic rings. The van der Waals surface area contributed by atoms with Gasteiger partial charge in [0.25, 0.3) is 0 Å². The van der Waals surface area contributed by atoms with Crippen molar-refractivity contribution in [3.05, 3.63) is 89.0 Å². The van der Waals surface area contributed by atoms with E-state index in [1.54, 1.807) is 29.1 Å². The van der Waals surface area contributed by atoms with Gasteiger partial charge in [-0.25, -0.2) is 9.07 Å². The molecule has 3 aliphatic rings. The first kappa shape index (κ1) is 29.0. The number of nitrogens with zero attached hydrogens (tertiary/aromatic N) is 2. The Balaban J connectivity index is 1.31. The van der Waals surface area contributed by atoms with E-state index in [1.807, 2.05) is 13.0 Å². The number of halogens is 7. The predicted molar refractivity (Wildman–Crippen MR) is 144 cm³/mol. The molecule has 2 aromatic carbocycles. The van der Waals surface area contributed by atoms with Crippen molar-refractivity contribution < 1.29 is 40.3 Å². The first-order chi connectivity index (χ1) is 20.2. The Morgan fingerprint density at radius 2 is 1.84 bits per heavy atom. The van der Waals surface area contributed by atoms with Crippen LogP contribution in [0.15, 0.2) is 72.0 Å². The third kappa shape index (κ3) is 5.43. The maximum Gasteiger partial charge on any atom is 0.573 e. The number of hydrogen-bond donors (Lipinski definition) is 1. The van der Waals surface area contributed by atoms with Crippen molar-refractivity contribution in [2.75, 3.05) is 5.32 Å². The minimum Gasteiger partial charge on any atom is -0.406 e. The van der Waals surface area contributed by atoms with Crippen LogP contribution in [0.5, 0.6) is 5.75 Å². The molecular weight excluding hydrogens is 579 g/mol. The van der Waals surface area contributed by atoms with E-state index in [2.05, 4.69) is 15.2 Å². The normalized spacial score (nSPS) is 25.1. The maximum absolute atomic E-state index is 14.3. The second-order valence-electron chi connectivity index (χ2n) is 11.4. The summed E-state index contributed by atoms with van der Waals surface area (Å²) >= 11 is 0. The lowest BCUT2D eigenvalue weighted by Gasteiger charge is -2.50. The van der Waals surface area contributed by atoms with Crippen LogP contribution in [-0.2, 0) is 11.2 Å². The van der Waals surface area contributed by atoms with Crippen molar-refractivity contribution in [1.29, 1.82) is 0 Å². The highest BCUT2D eigenvalue weighted by molar-refractivity contribution is 5.93. The molecule has 1 unspecified atom stereocenters. The fourth-order valence-electron chi connectivity index (χ4n) is 6.93. The van der Waals surface area contributed by atoms with Crippen molar-refractivity contribution in [3.63, 3.8) is 0 Å². The van der Waals surface area contributed by atoms with E-state index >= 15 is 0 Å². The molecule has 43 heavy (non-hydrogen) atoms. The maximum atomic E-state index is 14.3. The van der Waals surface area contributed by atoms with Gasteiger partial charge in [0.1, 0.15) is 11.6 Å². The number of anilines is 1. The quantitative estimate of drug-likeness (QED) is 0.242. The molecule has 0 saturated heterocycles. The molecule has 6 rings (SSSR count). The molecule has 0 aliphatic heterocycles. The lowest BCUT2D eigenvalue weighted by molar-refractivity contribution is -0.274. The van der Waals surface area contributed by atoms with Gasteiger partial charge in [-0.2, -0.15) is 18.3 Å². The number of alkyl halides is 6. The van der Waals surface area contributed by atoms with E-state index in [0.29, 0.717) is 18.5 Å². The van der Waals surface area contributed by atoms with Crippen molar-refractivity contribution in [2.45, 2.75) is 45.1 Å². The van der Waals surface area contributed by atoms with E-state index in [1.165, 1.54) is 24.3 Å². The summed E-state index contributed by atoms with van der Waals surface area (Å²) in [5.41, 5.74) is 3.37. The molecule has 12 heteroatoms. The summed E-state index contributed by atoms with van der Waals surface area (Å²) in [7, 11) is 0. The standard InChI is InChI=1S/C31H26F7N3O2/c1-29-15-17-16-39-41(21-8-6-19(32)7-9-21)26(17)13-18(29)5-10-23-24(29)11-12-25(30(33,34)35)27(23)28(42)40-20-3-2-4-22(14-20)43-31(36,37)38/h2-4,6-9,11,13-14,16,23,25,27H,5,10,12,15H2,1H3,(H,40,42)/t23?,25-,27-,29+/m1/s1. The molecule has 1 saturated carbocycles. The lowest BCUT2D eigenvalue weighted by atomic mass is 9.54. The molecule has 1 N–H and O–H groups in total. The molecule has 226 valence electrons. The van der Waals surface area contributed by atoms with Crippen LogP contribution in [0.25, 0.3) is 11.8 Å². The van der Waals surface area contributed by atoms with E-state index in [0.717, 1.165) is 34.5 Å². The van der Waals surface area contributed by atoms with Crippen LogP contribution in [0.2, 0.25) is 0 Å². The number of aromatic nitrogens is 2. The number of benzene rings is 2. The van der Waals surface area contributed by atoms with Gasteiger partial charge in [0.15, 0.2) is 0 Å². The van der Waals surface area contributed by atoms with Crippen molar-refractivity contribution >= 4 is 17.7 Å². The molecule has 1 amide bonds. The van der Waals surface area contributed by atoms with E-state index < -0.39 is 53.8 Å². The summed E-state index contributed by atoms with van der Waals surface area (Å²) in [6, 6.07) is 10.4. The minimum absolute atomic E-state index is 0.0955. The highest BCUT2D eigenvalue weighted by Gasteiger charge is 2.56. The average Bonchev–Trinajstić information content (AvgIpc) is 3.32. The van der Waals surface area contributed by atoms with Crippen LogP contribution in [0.3, 0.4) is 0 Å². The zero-order valence-corrected chi connectivity index (χ0v) is 22.8. The van der Waals surface area contributed by atoms with Gasteiger partial charge in [0.2, 0.25) is 5.91 Å². The van der Waals surface area contributed by atoms with E-state index in [9.17, 15) is 35.5 Å². The molecule has 5 nitrogen and oxygen atoms in total. The Morgan fingerprint density at radius 1 is 1.09 bits per heavy atom. The van der Waals surface area contributed by atoms with E-state index in [4.69, 9.17) is 0 Å². The summed E-state index contributed by atoms with van der Waals surface area (Å²) in [5.74, 6) is -6.04. The number of fused-ring (bicyclic) bond motifs is 4. The SMILES string of the molecule is C[C@]12Cc3cnn(-c4ccc(F)cc4)c3C=C1CCC1C2=CC[C@@H](C(F)(F)F)[C@@H]1C(=O)Nc1cccc(OC(F)(F)F)c1. The fourth-order valence-corrected chi connectivity index (χ4v) is 6.93. The van der Waals surface area contributed by atoms with Gasteiger partial charge < -0.3 is 10.1 Å². The lowest BCUT2D eigenvalue weighted by Crippen LogP contribution is -2.49. The van der Waals surface area contributed by atoms with Crippen LogP contribution >= 0.6 is 0 Å². The van der Waals surface area contributed by atoms with Gasteiger partial charge in [-0.1, -0.05) is 30.2 Å². The topological polar surface area (TPSA) is 56.2 Å². The molecular formula is C31H26F7N3O2. The third-order valence-corrected chi connectivity index (χ3v) is 8.80. The number of allylic oxidation sites excluding steroid dienone is 3. The first-order valence-electron chi connectivity index (χ1n) is 13.7. The Bertz CT molecular complexity index is 1620. The molecule has 1 fully saturated rings. The van der Waals surface area contributed by atoms with E-state index in [-0.39, 0.29) is 17.9 Å². The summed E-state index contributed by atoms with van der Waals surface area (Å²) in [5, 5.41) is 6.92. The van der Waals surface area contributed by atoms with Gasteiger partial charge in [0, 0.05) is 17.2 Å². The molecule has 1 heterocycles.